The van der Waals surface area contributed by atoms with Crippen LogP contribution in [0.2, 0.25) is 0 Å². The number of carbonyl (C=O) groups excluding carboxylic acids is 9. The van der Waals surface area contributed by atoms with Crippen molar-refractivity contribution in [2.45, 2.75) is 194 Å². The van der Waals surface area contributed by atoms with Crippen LogP contribution < -0.4 is 47.9 Å². The third kappa shape index (κ3) is 21.5. The molecule has 3 aliphatic heterocycles. The van der Waals surface area contributed by atoms with Crippen molar-refractivity contribution >= 4 is 105 Å². The summed E-state index contributed by atoms with van der Waals surface area (Å²) >= 11 is 3.04. The Bertz CT molecular complexity index is 4160. The highest BCUT2D eigenvalue weighted by atomic mass is 32.2. The van der Waals surface area contributed by atoms with E-state index in [1.807, 2.05) is 24.3 Å². The number of carbonyl (C=O) groups is 11. The summed E-state index contributed by atoms with van der Waals surface area (Å²) in [6.45, 7) is 3.54. The molecule has 5 heterocycles. The van der Waals surface area contributed by atoms with Gasteiger partial charge >= 0.3 is 11.9 Å². The van der Waals surface area contributed by atoms with Gasteiger partial charge in [-0.25, -0.2) is 13.8 Å². The Labute approximate surface area is 627 Å². The standard InChI is InChI=1S/C77H95F2N13O13S2/c1-46-68(98)87-60(34-50-40-82-57-22-20-52(78)35-55(50)57)70(100)91-64(39-77(51-18-10-5-3-4-6-11-19-51)44-83-58-23-21-53(79)36-56(58)77)73(103)89-62(38-67(96)97)72(102)88-61(37-54-41-80-45-84-54)71(101)90-63(33-47-14-8-7-9-15-47)74(104)92-29-13-27-76(92,2)75(105)81-28-31-107-43-49-17-12-16-48(32-49)42-106-30-26-65(93)86-59(69(99)85-46)24-25-66(94)95/h7-9,12,14-17,20-23,32,35-36,40-41,45-46,51,59-64,82-83H,3-6,10-11,13,18-19,24-31,33-34,37-39,42-44H2,1-2H3,(H,80,84)(H,81,105)(H,85,99)(H,86,93)(H,87,98)(H,88,102)(H,89,103)(H,90,101)(H,91,100)(H,94,95)(H,96,97)/t46-,59+,60+,61+,62+,63+,64+,76+,77?/m1/s1. The monoisotopic (exact) mass is 1510 g/mol. The Morgan fingerprint density at radius 1 is 0.617 bits per heavy atom. The van der Waals surface area contributed by atoms with Gasteiger partial charge in [0.05, 0.1) is 12.7 Å². The fraction of sp³-hybridized carbons (Fsp3) is 0.481. The molecule has 10 rings (SSSR count). The van der Waals surface area contributed by atoms with Crippen molar-refractivity contribution in [2.75, 3.05) is 36.5 Å². The number of anilines is 1. The van der Waals surface area contributed by atoms with Crippen LogP contribution >= 0.6 is 23.5 Å². The average Bonchev–Trinajstić information content (AvgIpc) is 1.62. The Morgan fingerprint density at radius 2 is 1.25 bits per heavy atom. The third-order valence-corrected chi connectivity index (χ3v) is 22.8. The molecular weight excluding hydrogens is 1420 g/mol. The topological polar surface area (TPSA) is 384 Å². The van der Waals surface area contributed by atoms with Crippen LogP contribution in [0.25, 0.3) is 10.9 Å². The normalized spacial score (nSPS) is 25.3. The van der Waals surface area contributed by atoms with Gasteiger partial charge in [-0.15, -0.1) is 0 Å². The molecule has 1 saturated heterocycles. The number of fused-ring (bicyclic) bond motifs is 5. The number of rotatable bonds is 14. The average molecular weight is 1510 g/mol. The van der Waals surface area contributed by atoms with E-state index in [4.69, 9.17) is 0 Å². The molecule has 2 bridgehead atoms. The zero-order chi connectivity index (χ0) is 76.2. The highest BCUT2D eigenvalue weighted by Gasteiger charge is 2.50. The molecular formula is C77H95F2N13O13S2. The lowest BCUT2D eigenvalue weighted by Crippen LogP contribution is -2.62. The number of carboxylic acids is 2. The molecule has 2 fully saturated rings. The van der Waals surface area contributed by atoms with Crippen LogP contribution in [0.5, 0.6) is 0 Å². The number of amides is 9. The number of aliphatic carboxylic acids is 2. The minimum atomic E-state index is -2.01. The molecule has 1 aliphatic carbocycles. The zero-order valence-electron chi connectivity index (χ0n) is 60.0. The van der Waals surface area contributed by atoms with E-state index in [-0.39, 0.29) is 57.7 Å². The van der Waals surface area contributed by atoms with Gasteiger partial charge in [0.2, 0.25) is 53.2 Å². The van der Waals surface area contributed by atoms with E-state index in [1.165, 1.54) is 72.6 Å². The Hall–Kier alpha value is -9.84. The number of imidazole rings is 1. The lowest BCUT2D eigenvalue weighted by atomic mass is 9.64. The summed E-state index contributed by atoms with van der Waals surface area (Å²) in [5.41, 5.74) is 2.28. The highest BCUT2D eigenvalue weighted by molar-refractivity contribution is 7.98. The minimum absolute atomic E-state index is 0.0606. The molecule has 107 heavy (non-hydrogen) atoms. The molecule has 26 nitrogen and oxygen atoms in total. The highest BCUT2D eigenvalue weighted by Crippen LogP contribution is 2.50. The molecule has 9 atom stereocenters. The van der Waals surface area contributed by atoms with E-state index in [1.54, 1.807) is 55.1 Å². The SMILES string of the molecule is C[C@H]1NC(=O)[C@H](CCC(=O)O)NC(=O)CCSCc2cccc(c2)CSCCNC(=O)[C@]2(C)CCCN2C(=O)[C@H](Cc2ccccc2)NC(=O)[C@H](Cc2cnc[nH]2)NC(=O)[C@H](CC(=O)O)NC(=O)[C@H](CC2(C3CCCCCCCC3)CNc3ccc(F)cc32)NC(=O)[C@H](Cc2c[nH]c3ccc(F)cc23)NC1=O. The second-order valence-electron chi connectivity index (χ2n) is 28.5. The van der Waals surface area contributed by atoms with Crippen LogP contribution in [-0.2, 0) is 88.9 Å². The van der Waals surface area contributed by atoms with E-state index in [9.17, 15) is 39.0 Å². The van der Waals surface area contributed by atoms with Crippen LogP contribution in [0.4, 0.5) is 14.5 Å². The van der Waals surface area contributed by atoms with Crippen molar-refractivity contribution in [2.24, 2.45) is 5.92 Å². The van der Waals surface area contributed by atoms with Gasteiger partial charge in [-0.2, -0.15) is 23.5 Å². The molecule has 9 amide bonds. The fourth-order valence-electron chi connectivity index (χ4n) is 15.0. The third-order valence-electron chi connectivity index (χ3n) is 20.7. The molecule has 1 unspecified atom stereocenters. The molecule has 4 aliphatic rings. The number of hydrogen-bond acceptors (Lipinski definition) is 15. The summed E-state index contributed by atoms with van der Waals surface area (Å²) in [7, 11) is 0. The lowest BCUT2D eigenvalue weighted by molar-refractivity contribution is -0.146. The maximum absolute atomic E-state index is 15.9. The van der Waals surface area contributed by atoms with Crippen LogP contribution in [0.3, 0.4) is 0 Å². The van der Waals surface area contributed by atoms with Crippen molar-refractivity contribution in [3.8, 4) is 0 Å². The number of aromatic nitrogens is 3. The molecule has 572 valence electrons. The van der Waals surface area contributed by atoms with Crippen molar-refractivity contribution < 1.29 is 71.7 Å². The van der Waals surface area contributed by atoms with Crippen molar-refractivity contribution in [3.05, 3.63) is 155 Å². The largest absolute Gasteiger partial charge is 0.481 e. The van der Waals surface area contributed by atoms with E-state index in [2.05, 4.69) is 62.8 Å². The maximum atomic E-state index is 15.9. The van der Waals surface area contributed by atoms with Gasteiger partial charge in [-0.3, -0.25) is 52.7 Å². The Morgan fingerprint density at radius 3 is 1.96 bits per heavy atom. The molecule has 0 spiro atoms. The zero-order valence-corrected chi connectivity index (χ0v) is 61.7. The molecule has 30 heteroatoms. The smallest absolute Gasteiger partial charge is 0.305 e. The van der Waals surface area contributed by atoms with Gasteiger partial charge < -0.3 is 72.9 Å². The second kappa shape index (κ2) is 37.6. The van der Waals surface area contributed by atoms with Gasteiger partial charge in [0.1, 0.15) is 59.5 Å². The number of halogens is 2. The first kappa shape index (κ1) is 79.7. The summed E-state index contributed by atoms with van der Waals surface area (Å²) in [6.07, 6.45) is 8.34. The van der Waals surface area contributed by atoms with E-state index < -0.39 is 149 Å². The number of carboxylic acid groups (broad SMARTS) is 2. The maximum Gasteiger partial charge on any atom is 0.305 e. The summed E-state index contributed by atoms with van der Waals surface area (Å²) in [5, 5.41) is 46.0. The first-order chi connectivity index (χ1) is 51.4. The van der Waals surface area contributed by atoms with Gasteiger partial charge in [0.15, 0.2) is 0 Å². The minimum Gasteiger partial charge on any atom is -0.481 e. The summed E-state index contributed by atoms with van der Waals surface area (Å²) in [4.78, 5) is 171. The molecule has 13 N–H and O–H groups in total. The van der Waals surface area contributed by atoms with Crippen molar-refractivity contribution in [3.63, 3.8) is 0 Å². The number of aromatic amines is 2. The number of hydrogen-bond donors (Lipinski definition) is 13. The number of thioether (sulfide) groups is 2. The second-order valence-corrected chi connectivity index (χ2v) is 30.7. The molecule has 6 aromatic rings. The number of nitrogens with one attached hydrogen (secondary N) is 11. The lowest BCUT2D eigenvalue weighted by Gasteiger charge is -2.41. The van der Waals surface area contributed by atoms with Crippen LogP contribution in [-0.4, -0.2) is 174 Å². The molecule has 1 saturated carbocycles. The van der Waals surface area contributed by atoms with Crippen LogP contribution in [0.15, 0.2) is 110 Å². The van der Waals surface area contributed by atoms with Crippen LogP contribution in [0.1, 0.15) is 144 Å². The van der Waals surface area contributed by atoms with Gasteiger partial charge in [-0.1, -0.05) is 93.1 Å². The van der Waals surface area contributed by atoms with E-state index in [0.29, 0.717) is 87.7 Å². The van der Waals surface area contributed by atoms with Gasteiger partial charge in [0.25, 0.3) is 0 Å². The Kier molecular flexibility index (Phi) is 28.0. The fourth-order valence-corrected chi connectivity index (χ4v) is 16.7. The summed E-state index contributed by atoms with van der Waals surface area (Å²) < 4.78 is 31.1. The summed E-state index contributed by atoms with van der Waals surface area (Å²) in [5.74, 6) is -10.0. The molecule has 4 aromatic carbocycles. The van der Waals surface area contributed by atoms with Gasteiger partial charge in [0, 0.05) is 115 Å². The quantitative estimate of drug-likeness (QED) is 0.0552. The van der Waals surface area contributed by atoms with Crippen molar-refractivity contribution in [1.82, 2.24) is 62.4 Å². The van der Waals surface area contributed by atoms with E-state index >= 15 is 32.8 Å². The number of benzene rings is 4. The number of H-pyrrole nitrogens is 2. The van der Waals surface area contributed by atoms with E-state index in [0.717, 1.165) is 49.7 Å². The van der Waals surface area contributed by atoms with Gasteiger partial charge in [-0.05, 0) is 123 Å². The summed E-state index contributed by atoms with van der Waals surface area (Å²) in [6, 6.07) is 13.6. The first-order valence-corrected chi connectivity index (χ1v) is 38.9. The first-order valence-electron chi connectivity index (χ1n) is 36.6. The predicted octanol–water partition coefficient (Wildman–Crippen LogP) is 6.52. The predicted molar refractivity (Wildman–Crippen MR) is 400 cm³/mol. The Balaban J connectivity index is 1.02. The van der Waals surface area contributed by atoms with Crippen molar-refractivity contribution in [1.29, 1.82) is 0 Å². The molecule has 2 aromatic heterocycles. The molecule has 0 radical (unpaired) electrons. The number of nitrogens with zero attached hydrogens (tertiary/aromatic N) is 2. The van der Waals surface area contributed by atoms with Crippen LogP contribution in [0, 0.1) is 17.6 Å².